The maximum atomic E-state index is 3.48. The lowest BCUT2D eigenvalue weighted by Gasteiger charge is -2.19. The lowest BCUT2D eigenvalue weighted by Crippen LogP contribution is -2.31. The molecule has 12 heavy (non-hydrogen) atoms. The van der Waals surface area contributed by atoms with Gasteiger partial charge in [-0.15, -0.1) is 0 Å². The molecular weight excluding hydrogens is 146 g/mol. The predicted octanol–water partition coefficient (Wildman–Crippen LogP) is 2.65. The lowest BCUT2D eigenvalue weighted by molar-refractivity contribution is 0.454. The molecule has 0 aliphatic carbocycles. The van der Waals surface area contributed by atoms with E-state index in [1.54, 1.807) is 0 Å². The molecule has 1 rings (SSSR count). The Balaban J connectivity index is 2.19. The zero-order chi connectivity index (χ0) is 8.65. The minimum absolute atomic E-state index is 0.625. The molecule has 0 aromatic carbocycles. The number of rotatable bonds is 3. The van der Waals surface area contributed by atoms with Gasteiger partial charge in [-0.1, -0.05) is 37.6 Å². The Labute approximate surface area is 75.6 Å². The summed E-state index contributed by atoms with van der Waals surface area (Å²) < 4.78 is 0. The van der Waals surface area contributed by atoms with Crippen molar-refractivity contribution in [3.8, 4) is 0 Å². The number of nitrogens with one attached hydrogen (secondary N) is 1. The molecule has 1 heteroatoms. The molecule has 1 aliphatic rings. The van der Waals surface area contributed by atoms with Crippen molar-refractivity contribution in [2.45, 2.75) is 38.6 Å². The van der Waals surface area contributed by atoms with E-state index in [0.29, 0.717) is 6.04 Å². The number of hydrogen-bond acceptors (Lipinski definition) is 1. The number of hydrogen-bond donors (Lipinski definition) is 1. The molecule has 0 radical (unpaired) electrons. The van der Waals surface area contributed by atoms with Crippen molar-refractivity contribution < 1.29 is 0 Å². The maximum absolute atomic E-state index is 3.48. The maximum Gasteiger partial charge on any atom is 0.0253 e. The first-order valence-electron chi connectivity index (χ1n) is 5.00. The van der Waals surface area contributed by atoms with Crippen LogP contribution < -0.4 is 5.32 Å². The van der Waals surface area contributed by atoms with Gasteiger partial charge in [-0.2, -0.15) is 0 Å². The zero-order valence-electron chi connectivity index (χ0n) is 7.92. The molecule has 1 saturated heterocycles. The second-order valence-electron chi connectivity index (χ2n) is 3.28. The van der Waals surface area contributed by atoms with Crippen LogP contribution in [0.4, 0.5) is 0 Å². The van der Waals surface area contributed by atoms with Gasteiger partial charge in [0.2, 0.25) is 0 Å². The van der Waals surface area contributed by atoms with Crippen LogP contribution in [0.25, 0.3) is 0 Å². The summed E-state index contributed by atoms with van der Waals surface area (Å²) in [4.78, 5) is 0. The van der Waals surface area contributed by atoms with Gasteiger partial charge < -0.3 is 5.32 Å². The van der Waals surface area contributed by atoms with Crippen molar-refractivity contribution in [3.63, 3.8) is 0 Å². The van der Waals surface area contributed by atoms with Gasteiger partial charge in [0.1, 0.15) is 0 Å². The van der Waals surface area contributed by atoms with Crippen LogP contribution in [0.1, 0.15) is 32.6 Å². The molecule has 0 spiro atoms. The molecule has 0 amide bonds. The first kappa shape index (κ1) is 9.53. The Morgan fingerprint density at radius 1 is 1.33 bits per heavy atom. The summed E-state index contributed by atoms with van der Waals surface area (Å²) >= 11 is 0. The van der Waals surface area contributed by atoms with E-state index in [2.05, 4.69) is 36.5 Å². The van der Waals surface area contributed by atoms with Gasteiger partial charge in [-0.3, -0.25) is 0 Å². The van der Waals surface area contributed by atoms with E-state index >= 15 is 0 Å². The third-order valence-corrected chi connectivity index (χ3v) is 2.17. The quantitative estimate of drug-likeness (QED) is 0.634. The fourth-order valence-corrected chi connectivity index (χ4v) is 1.46. The van der Waals surface area contributed by atoms with Crippen LogP contribution in [0, 0.1) is 0 Å². The van der Waals surface area contributed by atoms with Crippen LogP contribution in [0.2, 0.25) is 0 Å². The van der Waals surface area contributed by atoms with Gasteiger partial charge in [-0.25, -0.2) is 0 Å². The Bertz CT molecular complexity index is 152. The van der Waals surface area contributed by atoms with E-state index in [1.165, 1.54) is 25.8 Å². The summed E-state index contributed by atoms with van der Waals surface area (Å²) in [7, 11) is 0. The molecule has 1 fully saturated rings. The third kappa shape index (κ3) is 3.72. The highest BCUT2D eigenvalue weighted by Gasteiger charge is 2.07. The van der Waals surface area contributed by atoms with Gasteiger partial charge in [-0.05, 0) is 25.8 Å². The summed E-state index contributed by atoms with van der Waals surface area (Å²) in [5, 5.41) is 3.48. The van der Waals surface area contributed by atoms with Crippen LogP contribution in [0.3, 0.4) is 0 Å². The van der Waals surface area contributed by atoms with Crippen molar-refractivity contribution in [1.29, 1.82) is 0 Å². The molecule has 1 aliphatic heterocycles. The predicted molar refractivity (Wildman–Crippen MR) is 54.2 cm³/mol. The van der Waals surface area contributed by atoms with Crippen LogP contribution in [0.15, 0.2) is 24.3 Å². The van der Waals surface area contributed by atoms with E-state index in [9.17, 15) is 0 Å². The van der Waals surface area contributed by atoms with Crippen molar-refractivity contribution in [2.24, 2.45) is 0 Å². The molecule has 1 N–H and O–H groups in total. The summed E-state index contributed by atoms with van der Waals surface area (Å²) in [5.74, 6) is 0. The smallest absolute Gasteiger partial charge is 0.0253 e. The summed E-state index contributed by atoms with van der Waals surface area (Å²) in [5.41, 5.74) is 0. The van der Waals surface area contributed by atoms with Crippen LogP contribution in [-0.4, -0.2) is 12.6 Å². The average molecular weight is 165 g/mol. The Kier molecular flexibility index (Phi) is 4.77. The van der Waals surface area contributed by atoms with E-state index in [-0.39, 0.29) is 0 Å². The first-order valence-corrected chi connectivity index (χ1v) is 5.00. The SMILES string of the molecule is CCC=CC=CC1CCCCN1. The Morgan fingerprint density at radius 3 is 2.92 bits per heavy atom. The van der Waals surface area contributed by atoms with Crippen molar-refractivity contribution >= 4 is 0 Å². The van der Waals surface area contributed by atoms with Crippen molar-refractivity contribution in [1.82, 2.24) is 5.32 Å². The van der Waals surface area contributed by atoms with Gasteiger partial charge in [0.15, 0.2) is 0 Å². The van der Waals surface area contributed by atoms with E-state index in [0.717, 1.165) is 6.42 Å². The fourth-order valence-electron chi connectivity index (χ4n) is 1.46. The largest absolute Gasteiger partial charge is 0.311 e. The monoisotopic (exact) mass is 165 g/mol. The van der Waals surface area contributed by atoms with Crippen LogP contribution in [0.5, 0.6) is 0 Å². The highest BCUT2D eigenvalue weighted by atomic mass is 14.9. The molecule has 1 heterocycles. The number of allylic oxidation sites excluding steroid dienone is 3. The first-order chi connectivity index (χ1) is 5.93. The second-order valence-corrected chi connectivity index (χ2v) is 3.28. The van der Waals surface area contributed by atoms with Gasteiger partial charge >= 0.3 is 0 Å². The molecular formula is C11H19N. The van der Waals surface area contributed by atoms with Crippen molar-refractivity contribution in [2.75, 3.05) is 6.54 Å². The minimum Gasteiger partial charge on any atom is -0.311 e. The fraction of sp³-hybridized carbons (Fsp3) is 0.636. The third-order valence-electron chi connectivity index (χ3n) is 2.17. The Hall–Kier alpha value is -0.560. The highest BCUT2D eigenvalue weighted by Crippen LogP contribution is 2.07. The molecule has 0 saturated carbocycles. The molecule has 1 nitrogen and oxygen atoms in total. The number of piperidine rings is 1. The summed E-state index contributed by atoms with van der Waals surface area (Å²) in [6.45, 7) is 3.34. The van der Waals surface area contributed by atoms with E-state index < -0.39 is 0 Å². The molecule has 0 aromatic rings. The Morgan fingerprint density at radius 2 is 2.25 bits per heavy atom. The van der Waals surface area contributed by atoms with Gasteiger partial charge in [0.25, 0.3) is 0 Å². The average Bonchev–Trinajstić information content (AvgIpc) is 2.14. The molecule has 68 valence electrons. The van der Waals surface area contributed by atoms with Crippen LogP contribution >= 0.6 is 0 Å². The summed E-state index contributed by atoms with van der Waals surface area (Å²) in [6, 6.07) is 0.625. The van der Waals surface area contributed by atoms with Gasteiger partial charge in [0, 0.05) is 6.04 Å². The minimum atomic E-state index is 0.625. The van der Waals surface area contributed by atoms with E-state index in [4.69, 9.17) is 0 Å². The zero-order valence-corrected chi connectivity index (χ0v) is 7.92. The second kappa shape index (κ2) is 6.01. The molecule has 1 unspecified atom stereocenters. The van der Waals surface area contributed by atoms with Crippen LogP contribution in [-0.2, 0) is 0 Å². The lowest BCUT2D eigenvalue weighted by atomic mass is 10.0. The topological polar surface area (TPSA) is 12.0 Å². The van der Waals surface area contributed by atoms with Gasteiger partial charge in [0.05, 0.1) is 0 Å². The molecule has 0 aromatic heterocycles. The molecule has 1 atom stereocenters. The normalized spacial score (nSPS) is 25.6. The summed E-state index contributed by atoms with van der Waals surface area (Å²) in [6.07, 6.45) is 13.9. The van der Waals surface area contributed by atoms with E-state index in [1.807, 2.05) is 0 Å². The standard InChI is InChI=1S/C11H19N/c1-2-3-4-5-8-11-9-6-7-10-12-11/h3-5,8,11-12H,2,6-7,9-10H2,1H3. The molecule has 0 bridgehead atoms. The van der Waals surface area contributed by atoms with Crippen molar-refractivity contribution in [3.05, 3.63) is 24.3 Å². The highest BCUT2D eigenvalue weighted by molar-refractivity contribution is 5.06.